The molecule has 2 atom stereocenters. The minimum absolute atomic E-state index is 0.182. The lowest BCUT2D eigenvalue weighted by molar-refractivity contribution is 0.0729. The van der Waals surface area contributed by atoms with Crippen molar-refractivity contribution < 1.29 is 14.6 Å². The molecule has 0 radical (unpaired) electrons. The minimum Gasteiger partial charge on any atom is -0.482 e. The van der Waals surface area contributed by atoms with Crippen molar-refractivity contribution in [1.29, 1.82) is 0 Å². The summed E-state index contributed by atoms with van der Waals surface area (Å²) in [6, 6.07) is 3.78. The molecule has 0 aromatic carbocycles. The van der Waals surface area contributed by atoms with E-state index in [1.54, 1.807) is 46.9 Å². The van der Waals surface area contributed by atoms with Crippen molar-refractivity contribution in [2.24, 2.45) is 14.1 Å². The van der Waals surface area contributed by atoms with E-state index in [2.05, 4.69) is 10.2 Å². The van der Waals surface area contributed by atoms with Crippen molar-refractivity contribution in [3.63, 3.8) is 0 Å². The van der Waals surface area contributed by atoms with Gasteiger partial charge >= 0.3 is 0 Å². The summed E-state index contributed by atoms with van der Waals surface area (Å²) in [6.07, 6.45) is 7.34. The first kappa shape index (κ1) is 16.4. The van der Waals surface area contributed by atoms with Gasteiger partial charge in [-0.15, -0.1) is 0 Å². The van der Waals surface area contributed by atoms with Gasteiger partial charge in [0.2, 0.25) is 0 Å². The molecule has 4 rings (SSSR count). The molecule has 1 aliphatic heterocycles. The van der Waals surface area contributed by atoms with Crippen LogP contribution in [0.1, 0.15) is 10.4 Å². The topological polar surface area (TPSA) is 90.3 Å². The Bertz CT molecular complexity index is 913. The number of amides is 1. The fourth-order valence-corrected chi connectivity index (χ4v) is 3.21. The number of hydrogen-bond acceptors (Lipinski definition) is 5. The summed E-state index contributed by atoms with van der Waals surface area (Å²) in [5.41, 5.74) is 0.484. The minimum atomic E-state index is -0.758. The molecule has 9 heteroatoms. The van der Waals surface area contributed by atoms with Crippen molar-refractivity contribution in [3.8, 4) is 11.6 Å². The molecule has 1 saturated heterocycles. The number of carbonyl (C=O) groups is 1. The van der Waals surface area contributed by atoms with Gasteiger partial charge in [0.25, 0.3) is 5.91 Å². The fraction of sp³-hybridized carbons (Fsp3) is 0.353. The van der Waals surface area contributed by atoms with Crippen LogP contribution in [0.4, 0.5) is 0 Å². The number of aliphatic hydroxyl groups is 1. The molecule has 0 saturated carbocycles. The van der Waals surface area contributed by atoms with Crippen LogP contribution >= 0.6 is 0 Å². The Kier molecular flexibility index (Phi) is 4.00. The zero-order valence-electron chi connectivity index (χ0n) is 14.6. The Morgan fingerprint density at radius 3 is 2.65 bits per heavy atom. The average Bonchev–Trinajstić information content (AvgIpc) is 3.37. The highest BCUT2D eigenvalue weighted by Gasteiger charge is 2.37. The molecule has 26 heavy (non-hydrogen) atoms. The van der Waals surface area contributed by atoms with E-state index < -0.39 is 12.2 Å². The zero-order valence-corrected chi connectivity index (χ0v) is 14.6. The highest BCUT2D eigenvalue weighted by molar-refractivity contribution is 5.97. The van der Waals surface area contributed by atoms with Gasteiger partial charge in [-0.05, 0) is 12.1 Å². The first-order valence-electron chi connectivity index (χ1n) is 8.31. The predicted molar refractivity (Wildman–Crippen MR) is 92.1 cm³/mol. The van der Waals surface area contributed by atoms with Crippen molar-refractivity contribution >= 4 is 5.91 Å². The maximum absolute atomic E-state index is 13.0. The molecule has 3 aromatic rings. The Morgan fingerprint density at radius 2 is 1.96 bits per heavy atom. The number of ether oxygens (including phenoxy) is 1. The molecule has 0 bridgehead atoms. The summed E-state index contributed by atoms with van der Waals surface area (Å²) < 4.78 is 10.9. The van der Waals surface area contributed by atoms with Crippen LogP contribution in [0.15, 0.2) is 43.1 Å². The molecule has 136 valence electrons. The summed E-state index contributed by atoms with van der Waals surface area (Å²) in [7, 11) is 3.58. The van der Waals surface area contributed by atoms with Gasteiger partial charge in [-0.1, -0.05) is 0 Å². The smallest absolute Gasteiger partial charge is 0.259 e. The highest BCUT2D eigenvalue weighted by atomic mass is 16.5. The van der Waals surface area contributed by atoms with Crippen LogP contribution in [-0.2, 0) is 14.1 Å². The second kappa shape index (κ2) is 6.34. The maximum atomic E-state index is 13.0. The summed E-state index contributed by atoms with van der Waals surface area (Å²) in [6.45, 7) is 0.513. The van der Waals surface area contributed by atoms with Crippen molar-refractivity contribution in [1.82, 2.24) is 29.0 Å². The first-order valence-corrected chi connectivity index (χ1v) is 8.31. The zero-order chi connectivity index (χ0) is 18.3. The molecule has 9 nitrogen and oxygen atoms in total. The number of rotatable bonds is 4. The van der Waals surface area contributed by atoms with Gasteiger partial charge in [-0.25, -0.2) is 0 Å². The summed E-state index contributed by atoms with van der Waals surface area (Å²) >= 11 is 0. The van der Waals surface area contributed by atoms with Gasteiger partial charge in [0.1, 0.15) is 23.6 Å². The third kappa shape index (κ3) is 2.86. The largest absolute Gasteiger partial charge is 0.482 e. The lowest BCUT2D eigenvalue weighted by Gasteiger charge is -2.17. The van der Waals surface area contributed by atoms with Gasteiger partial charge < -0.3 is 19.3 Å². The van der Waals surface area contributed by atoms with E-state index in [0.29, 0.717) is 23.7 Å². The van der Waals surface area contributed by atoms with E-state index in [-0.39, 0.29) is 12.5 Å². The molecular weight excluding hydrogens is 336 g/mol. The molecule has 1 N–H and O–H groups in total. The van der Waals surface area contributed by atoms with Gasteiger partial charge in [-0.3, -0.25) is 14.2 Å². The van der Waals surface area contributed by atoms with Gasteiger partial charge in [0.05, 0.1) is 31.7 Å². The molecule has 3 aromatic heterocycles. The Morgan fingerprint density at radius 1 is 1.19 bits per heavy atom. The number of nitrogens with zero attached hydrogens (tertiary/aromatic N) is 6. The van der Waals surface area contributed by atoms with E-state index in [9.17, 15) is 9.90 Å². The van der Waals surface area contributed by atoms with Crippen molar-refractivity contribution in [2.45, 2.75) is 12.2 Å². The molecular formula is C17H20N6O3. The number of aromatic nitrogens is 5. The fourth-order valence-electron chi connectivity index (χ4n) is 3.21. The Hall–Kier alpha value is -3.07. The Labute approximate surface area is 150 Å². The summed E-state index contributed by atoms with van der Waals surface area (Å²) in [5, 5.41) is 18.6. The second-order valence-electron chi connectivity index (χ2n) is 6.38. The van der Waals surface area contributed by atoms with E-state index >= 15 is 0 Å². The molecule has 0 unspecified atom stereocenters. The van der Waals surface area contributed by atoms with Crippen LogP contribution in [-0.4, -0.2) is 65.3 Å². The molecule has 1 aliphatic rings. The van der Waals surface area contributed by atoms with E-state index in [1.165, 1.54) is 0 Å². The third-order valence-corrected chi connectivity index (χ3v) is 4.48. The van der Waals surface area contributed by atoms with Crippen LogP contribution in [0.25, 0.3) is 5.82 Å². The molecule has 1 amide bonds. The average molecular weight is 356 g/mol. The molecule has 0 aliphatic carbocycles. The van der Waals surface area contributed by atoms with Gasteiger partial charge in [0.15, 0.2) is 5.75 Å². The van der Waals surface area contributed by atoms with E-state index in [0.717, 1.165) is 0 Å². The number of hydrogen-bond donors (Lipinski definition) is 1. The number of carbonyl (C=O) groups excluding carboxylic acids is 1. The quantitative estimate of drug-likeness (QED) is 0.722. The monoisotopic (exact) mass is 356 g/mol. The first-order chi connectivity index (χ1) is 12.5. The van der Waals surface area contributed by atoms with Crippen LogP contribution < -0.4 is 4.74 Å². The van der Waals surface area contributed by atoms with Crippen LogP contribution in [0.5, 0.6) is 5.75 Å². The number of aliphatic hydroxyl groups excluding tert-OH is 1. The number of likely N-dealkylation sites (tertiary alicyclic amines) is 1. The number of aryl methyl sites for hydroxylation is 2. The molecule has 4 heterocycles. The highest BCUT2D eigenvalue weighted by Crippen LogP contribution is 2.22. The van der Waals surface area contributed by atoms with Gasteiger partial charge in [-0.2, -0.15) is 10.2 Å². The van der Waals surface area contributed by atoms with Crippen LogP contribution in [0.2, 0.25) is 0 Å². The Balaban J connectivity index is 1.53. The van der Waals surface area contributed by atoms with E-state index in [1.807, 2.05) is 29.1 Å². The number of β-amino-alcohol motifs (C(OH)–C–C–N with tert-alkyl or cyclic N) is 1. The molecule has 1 fully saturated rings. The maximum Gasteiger partial charge on any atom is 0.259 e. The molecule has 0 spiro atoms. The predicted octanol–water partition coefficient (Wildman–Crippen LogP) is 0.209. The SMILES string of the molecule is Cn1cc(O[C@@H]2CN(C(=O)c3cnn(C)c3-n3cccc3)C[C@H]2O)cn1. The normalized spacial score (nSPS) is 19.9. The lowest BCUT2D eigenvalue weighted by Crippen LogP contribution is -2.31. The lowest BCUT2D eigenvalue weighted by atomic mass is 10.2. The van der Waals surface area contributed by atoms with Crippen molar-refractivity contribution in [3.05, 3.63) is 48.7 Å². The summed E-state index contributed by atoms with van der Waals surface area (Å²) in [4.78, 5) is 14.6. The van der Waals surface area contributed by atoms with E-state index in [4.69, 9.17) is 4.74 Å². The van der Waals surface area contributed by atoms with Gasteiger partial charge in [0, 0.05) is 26.5 Å². The van der Waals surface area contributed by atoms with Crippen LogP contribution in [0, 0.1) is 0 Å². The van der Waals surface area contributed by atoms with Crippen molar-refractivity contribution in [2.75, 3.05) is 13.1 Å². The summed E-state index contributed by atoms with van der Waals surface area (Å²) in [5.74, 6) is 1.07. The second-order valence-corrected chi connectivity index (χ2v) is 6.38. The standard InChI is InChI=1S/C17H20N6O3/c1-20-9-12(7-18-20)26-15-11-23(10-14(15)24)17(25)13-8-19-21(2)16(13)22-5-3-4-6-22/h3-9,14-15,24H,10-11H2,1-2H3/t14-,15-/m1/s1. The van der Waals surface area contributed by atoms with Crippen LogP contribution in [0.3, 0.4) is 0 Å². The third-order valence-electron chi connectivity index (χ3n) is 4.48.